The fourth-order valence-electron chi connectivity index (χ4n) is 1.46. The molecule has 0 bridgehead atoms. The number of hydrogen-bond donors (Lipinski definition) is 0. The molecule has 0 aliphatic rings. The third-order valence-electron chi connectivity index (χ3n) is 2.26. The smallest absolute Gasteiger partial charge is 0.194 e. The zero-order valence-electron chi connectivity index (χ0n) is 8.58. The molecule has 2 aromatic carbocycles. The highest BCUT2D eigenvalue weighted by Gasteiger charge is 2.13. The first-order chi connectivity index (χ1) is 8.08. The van der Waals surface area contributed by atoms with E-state index in [9.17, 15) is 4.79 Å². The molecule has 0 heterocycles. The Hall–Kier alpha value is -1.02. The molecule has 0 saturated heterocycles. The van der Waals surface area contributed by atoms with E-state index >= 15 is 0 Å². The maximum absolute atomic E-state index is 12.2. The summed E-state index contributed by atoms with van der Waals surface area (Å²) in [6, 6.07) is 11.5. The molecular weight excluding hydrogens is 279 g/mol. The summed E-state index contributed by atoms with van der Waals surface area (Å²) >= 11 is 17.6. The van der Waals surface area contributed by atoms with E-state index < -0.39 is 0 Å². The SMILES string of the molecule is O=C(c1cccc(Cl)c1)c1cc(Cl)ccc1Cl. The molecule has 2 rings (SSSR count). The van der Waals surface area contributed by atoms with Gasteiger partial charge in [-0.2, -0.15) is 0 Å². The summed E-state index contributed by atoms with van der Waals surface area (Å²) in [6.45, 7) is 0. The number of hydrogen-bond acceptors (Lipinski definition) is 1. The van der Waals surface area contributed by atoms with Gasteiger partial charge in [0, 0.05) is 21.2 Å². The van der Waals surface area contributed by atoms with Crippen molar-refractivity contribution in [2.24, 2.45) is 0 Å². The average Bonchev–Trinajstić information content (AvgIpc) is 2.31. The van der Waals surface area contributed by atoms with Crippen molar-refractivity contribution in [3.8, 4) is 0 Å². The van der Waals surface area contributed by atoms with Crippen LogP contribution >= 0.6 is 34.8 Å². The van der Waals surface area contributed by atoms with E-state index in [0.717, 1.165) is 0 Å². The van der Waals surface area contributed by atoms with Crippen LogP contribution in [0, 0.1) is 0 Å². The van der Waals surface area contributed by atoms with E-state index in [2.05, 4.69) is 0 Å². The summed E-state index contributed by atoms with van der Waals surface area (Å²) < 4.78 is 0. The van der Waals surface area contributed by atoms with Gasteiger partial charge in [0.05, 0.1) is 5.02 Å². The molecule has 4 heteroatoms. The van der Waals surface area contributed by atoms with E-state index in [-0.39, 0.29) is 5.78 Å². The lowest BCUT2D eigenvalue weighted by molar-refractivity contribution is 0.103. The maximum Gasteiger partial charge on any atom is 0.194 e. The first-order valence-electron chi connectivity index (χ1n) is 4.83. The van der Waals surface area contributed by atoms with Gasteiger partial charge in [0.2, 0.25) is 0 Å². The molecule has 0 spiro atoms. The van der Waals surface area contributed by atoms with Crippen molar-refractivity contribution in [1.29, 1.82) is 0 Å². The maximum atomic E-state index is 12.2. The van der Waals surface area contributed by atoms with E-state index in [1.54, 1.807) is 42.5 Å². The lowest BCUT2D eigenvalue weighted by Gasteiger charge is -2.04. The van der Waals surface area contributed by atoms with E-state index in [4.69, 9.17) is 34.8 Å². The normalized spacial score (nSPS) is 10.3. The molecule has 0 unspecified atom stereocenters. The van der Waals surface area contributed by atoms with Crippen LogP contribution in [0.25, 0.3) is 0 Å². The van der Waals surface area contributed by atoms with Gasteiger partial charge in [0.25, 0.3) is 0 Å². The summed E-state index contributed by atoms with van der Waals surface area (Å²) in [5.74, 6) is -0.194. The number of halogens is 3. The highest BCUT2D eigenvalue weighted by atomic mass is 35.5. The third kappa shape index (κ3) is 2.81. The fourth-order valence-corrected chi connectivity index (χ4v) is 2.02. The molecule has 0 aliphatic heterocycles. The zero-order valence-corrected chi connectivity index (χ0v) is 10.9. The van der Waals surface area contributed by atoms with Gasteiger partial charge in [0.1, 0.15) is 0 Å². The molecule has 0 aromatic heterocycles. The molecule has 2 aromatic rings. The zero-order chi connectivity index (χ0) is 12.4. The highest BCUT2D eigenvalue weighted by Crippen LogP contribution is 2.24. The number of ketones is 1. The lowest BCUT2D eigenvalue weighted by atomic mass is 10.0. The molecule has 0 aliphatic carbocycles. The minimum absolute atomic E-state index is 0.194. The second kappa shape index (κ2) is 5.09. The monoisotopic (exact) mass is 284 g/mol. The van der Waals surface area contributed by atoms with Crippen LogP contribution < -0.4 is 0 Å². The molecule has 17 heavy (non-hydrogen) atoms. The quantitative estimate of drug-likeness (QED) is 0.719. The van der Waals surface area contributed by atoms with Gasteiger partial charge in [-0.25, -0.2) is 0 Å². The summed E-state index contributed by atoms with van der Waals surface area (Å²) in [5.41, 5.74) is 0.864. The van der Waals surface area contributed by atoms with Crippen LogP contribution in [-0.2, 0) is 0 Å². The number of benzene rings is 2. The van der Waals surface area contributed by atoms with Gasteiger partial charge < -0.3 is 0 Å². The molecule has 0 radical (unpaired) electrons. The van der Waals surface area contributed by atoms with Crippen molar-refractivity contribution >= 4 is 40.6 Å². The predicted octanol–water partition coefficient (Wildman–Crippen LogP) is 4.88. The highest BCUT2D eigenvalue weighted by molar-refractivity contribution is 6.37. The van der Waals surface area contributed by atoms with E-state index in [0.29, 0.717) is 26.2 Å². The molecule has 0 atom stereocenters. The van der Waals surface area contributed by atoms with Gasteiger partial charge in [-0.05, 0) is 30.3 Å². The fraction of sp³-hybridized carbons (Fsp3) is 0. The first-order valence-corrected chi connectivity index (χ1v) is 5.96. The first kappa shape index (κ1) is 12.4. The summed E-state index contributed by atoms with van der Waals surface area (Å²) in [6.07, 6.45) is 0. The number of carbonyl (C=O) groups excluding carboxylic acids is 1. The Morgan fingerprint density at radius 3 is 2.29 bits per heavy atom. The average molecular weight is 286 g/mol. The van der Waals surface area contributed by atoms with Crippen molar-refractivity contribution in [3.63, 3.8) is 0 Å². The molecule has 0 N–H and O–H groups in total. The Morgan fingerprint density at radius 2 is 1.59 bits per heavy atom. The van der Waals surface area contributed by atoms with Crippen molar-refractivity contribution in [2.75, 3.05) is 0 Å². The van der Waals surface area contributed by atoms with Crippen LogP contribution in [-0.4, -0.2) is 5.78 Å². The lowest BCUT2D eigenvalue weighted by Crippen LogP contribution is -2.02. The van der Waals surface area contributed by atoms with Crippen LogP contribution in [0.1, 0.15) is 15.9 Å². The van der Waals surface area contributed by atoms with Gasteiger partial charge >= 0.3 is 0 Å². The van der Waals surface area contributed by atoms with E-state index in [1.807, 2.05) is 0 Å². The summed E-state index contributed by atoms with van der Waals surface area (Å²) in [4.78, 5) is 12.2. The molecule has 86 valence electrons. The van der Waals surface area contributed by atoms with Gasteiger partial charge in [-0.1, -0.05) is 46.9 Å². The van der Waals surface area contributed by atoms with Crippen molar-refractivity contribution in [3.05, 3.63) is 68.7 Å². The second-order valence-electron chi connectivity index (χ2n) is 3.46. The van der Waals surface area contributed by atoms with E-state index in [1.165, 1.54) is 0 Å². The van der Waals surface area contributed by atoms with Crippen LogP contribution in [0.2, 0.25) is 15.1 Å². The van der Waals surface area contributed by atoms with Crippen LogP contribution in [0.5, 0.6) is 0 Å². The van der Waals surface area contributed by atoms with Crippen molar-refractivity contribution < 1.29 is 4.79 Å². The number of rotatable bonds is 2. The topological polar surface area (TPSA) is 17.1 Å². The third-order valence-corrected chi connectivity index (χ3v) is 3.06. The molecule has 1 nitrogen and oxygen atoms in total. The molecule has 0 saturated carbocycles. The Kier molecular flexibility index (Phi) is 3.72. The Labute approximate surface area is 114 Å². The predicted molar refractivity (Wildman–Crippen MR) is 71.3 cm³/mol. The second-order valence-corrected chi connectivity index (χ2v) is 4.74. The van der Waals surface area contributed by atoms with Gasteiger partial charge in [-0.15, -0.1) is 0 Å². The van der Waals surface area contributed by atoms with Crippen molar-refractivity contribution in [1.82, 2.24) is 0 Å². The molecular formula is C13H7Cl3O. The van der Waals surface area contributed by atoms with Crippen LogP contribution in [0.3, 0.4) is 0 Å². The minimum Gasteiger partial charge on any atom is -0.289 e. The standard InChI is InChI=1S/C13H7Cl3O/c14-9-3-1-2-8(6-9)13(17)11-7-10(15)4-5-12(11)16/h1-7H. The van der Waals surface area contributed by atoms with Gasteiger partial charge in [0.15, 0.2) is 5.78 Å². The van der Waals surface area contributed by atoms with Gasteiger partial charge in [-0.3, -0.25) is 4.79 Å². The number of carbonyl (C=O) groups is 1. The Bertz CT molecular complexity index is 579. The van der Waals surface area contributed by atoms with Crippen molar-refractivity contribution in [2.45, 2.75) is 0 Å². The van der Waals surface area contributed by atoms with Crippen LogP contribution in [0.15, 0.2) is 42.5 Å². The summed E-state index contributed by atoms with van der Waals surface area (Å²) in [7, 11) is 0. The summed E-state index contributed by atoms with van der Waals surface area (Å²) in [5, 5.41) is 1.35. The largest absolute Gasteiger partial charge is 0.289 e. The Balaban J connectivity index is 2.47. The Morgan fingerprint density at radius 1 is 0.882 bits per heavy atom. The molecule has 0 fully saturated rings. The van der Waals surface area contributed by atoms with Crippen LogP contribution in [0.4, 0.5) is 0 Å². The minimum atomic E-state index is -0.194. The molecule has 0 amide bonds.